The molecule has 0 saturated heterocycles. The topological polar surface area (TPSA) is 74.6 Å². The molecule has 164 valence electrons. The summed E-state index contributed by atoms with van der Waals surface area (Å²) in [6, 6.07) is 12.7. The molecule has 1 atom stereocenters. The Bertz CT molecular complexity index is 1050. The van der Waals surface area contributed by atoms with E-state index in [9.17, 15) is 4.79 Å². The lowest BCUT2D eigenvalue weighted by Gasteiger charge is -2.17. The first-order valence-corrected chi connectivity index (χ1v) is 10.2. The normalized spacial score (nSPS) is 11.8. The Balaban J connectivity index is 1.73. The van der Waals surface area contributed by atoms with Crippen LogP contribution in [0.3, 0.4) is 0 Å². The van der Waals surface area contributed by atoms with E-state index < -0.39 is 0 Å². The maximum Gasteiger partial charge on any atom is 0.255 e. The van der Waals surface area contributed by atoms with Crippen molar-refractivity contribution in [1.29, 1.82) is 0 Å². The number of nitrogens with one attached hydrogen (secondary N) is 1. The van der Waals surface area contributed by atoms with Gasteiger partial charge in [-0.2, -0.15) is 5.10 Å². The molecule has 0 aliphatic carbocycles. The zero-order valence-corrected chi connectivity index (χ0v) is 18.8. The van der Waals surface area contributed by atoms with Crippen molar-refractivity contribution in [2.45, 2.75) is 19.9 Å². The SMILES string of the molecule is COCCOc1ccc(C(C)NC(=O)c2cnn(-c3cccc(Cl)c3)c2C)cc1OC. The first-order valence-electron chi connectivity index (χ1n) is 9.85. The van der Waals surface area contributed by atoms with Crippen LogP contribution >= 0.6 is 11.6 Å². The third kappa shape index (κ3) is 5.37. The molecule has 1 aromatic heterocycles. The maximum atomic E-state index is 12.9. The summed E-state index contributed by atoms with van der Waals surface area (Å²) in [6.07, 6.45) is 1.56. The lowest BCUT2D eigenvalue weighted by molar-refractivity contribution is 0.0939. The Labute approximate surface area is 186 Å². The second-order valence-electron chi connectivity index (χ2n) is 6.98. The molecule has 7 nitrogen and oxygen atoms in total. The molecular formula is C23H26ClN3O4. The Morgan fingerprint density at radius 3 is 2.68 bits per heavy atom. The minimum absolute atomic E-state index is 0.210. The summed E-state index contributed by atoms with van der Waals surface area (Å²) in [7, 11) is 3.20. The van der Waals surface area contributed by atoms with Crippen molar-refractivity contribution in [2.75, 3.05) is 27.4 Å². The molecule has 0 saturated carbocycles. The number of rotatable bonds is 9. The number of hydrogen-bond acceptors (Lipinski definition) is 5. The molecule has 0 aliphatic rings. The van der Waals surface area contributed by atoms with E-state index >= 15 is 0 Å². The Hall–Kier alpha value is -3.03. The summed E-state index contributed by atoms with van der Waals surface area (Å²) in [4.78, 5) is 12.9. The van der Waals surface area contributed by atoms with Crippen molar-refractivity contribution in [3.63, 3.8) is 0 Å². The minimum atomic E-state index is -0.247. The summed E-state index contributed by atoms with van der Waals surface area (Å²) < 4.78 is 17.8. The summed E-state index contributed by atoms with van der Waals surface area (Å²) >= 11 is 6.08. The first kappa shape index (κ1) is 22.7. The van der Waals surface area contributed by atoms with Crippen LogP contribution in [-0.4, -0.2) is 43.1 Å². The smallest absolute Gasteiger partial charge is 0.255 e. The van der Waals surface area contributed by atoms with Crippen LogP contribution in [0.2, 0.25) is 5.02 Å². The van der Waals surface area contributed by atoms with Gasteiger partial charge in [-0.1, -0.05) is 23.7 Å². The van der Waals surface area contributed by atoms with Crippen molar-refractivity contribution in [1.82, 2.24) is 15.1 Å². The number of carbonyl (C=O) groups is 1. The van der Waals surface area contributed by atoms with Gasteiger partial charge in [0.1, 0.15) is 6.61 Å². The average Bonchev–Trinajstić information content (AvgIpc) is 3.15. The van der Waals surface area contributed by atoms with E-state index in [1.165, 1.54) is 0 Å². The van der Waals surface area contributed by atoms with Crippen LogP contribution in [0, 0.1) is 6.92 Å². The van der Waals surface area contributed by atoms with Crippen LogP contribution in [-0.2, 0) is 4.74 Å². The second kappa shape index (κ2) is 10.3. The van der Waals surface area contributed by atoms with Gasteiger partial charge < -0.3 is 19.5 Å². The molecule has 1 amide bonds. The molecular weight excluding hydrogens is 418 g/mol. The molecule has 0 aliphatic heterocycles. The molecule has 1 N–H and O–H groups in total. The molecule has 3 aromatic rings. The van der Waals surface area contributed by atoms with Gasteiger partial charge in [-0.15, -0.1) is 0 Å². The standard InChI is InChI=1S/C23H26ClN3O4/c1-15(17-8-9-21(22(12-17)30-4)31-11-10-29-3)26-23(28)20-14-25-27(16(20)2)19-7-5-6-18(24)13-19/h5-9,12-15H,10-11H2,1-4H3,(H,26,28). The van der Waals surface area contributed by atoms with Gasteiger partial charge in [0.05, 0.1) is 42.9 Å². The quantitative estimate of drug-likeness (QED) is 0.497. The zero-order chi connectivity index (χ0) is 22.4. The maximum absolute atomic E-state index is 12.9. The van der Waals surface area contributed by atoms with E-state index in [1.54, 1.807) is 37.2 Å². The fraction of sp³-hybridized carbons (Fsp3) is 0.304. The highest BCUT2D eigenvalue weighted by molar-refractivity contribution is 6.30. The van der Waals surface area contributed by atoms with Gasteiger partial charge >= 0.3 is 0 Å². The van der Waals surface area contributed by atoms with E-state index in [-0.39, 0.29) is 11.9 Å². The molecule has 1 heterocycles. The molecule has 2 aromatic carbocycles. The van der Waals surface area contributed by atoms with Gasteiger partial charge in [-0.05, 0) is 49.7 Å². The number of methoxy groups -OCH3 is 2. The molecule has 31 heavy (non-hydrogen) atoms. The molecule has 8 heteroatoms. The number of carbonyl (C=O) groups excluding carboxylic acids is 1. The fourth-order valence-corrected chi connectivity index (χ4v) is 3.35. The molecule has 0 fully saturated rings. The van der Waals surface area contributed by atoms with Gasteiger partial charge in [-0.25, -0.2) is 4.68 Å². The van der Waals surface area contributed by atoms with Gasteiger partial charge in [0, 0.05) is 12.1 Å². The van der Waals surface area contributed by atoms with Crippen LogP contribution in [0.5, 0.6) is 11.5 Å². The number of halogens is 1. The highest BCUT2D eigenvalue weighted by Crippen LogP contribution is 2.30. The van der Waals surface area contributed by atoms with Crippen molar-refractivity contribution >= 4 is 17.5 Å². The van der Waals surface area contributed by atoms with Gasteiger partial charge in [0.15, 0.2) is 11.5 Å². The van der Waals surface area contributed by atoms with Gasteiger partial charge in [-0.3, -0.25) is 4.79 Å². The monoisotopic (exact) mass is 443 g/mol. The van der Waals surface area contributed by atoms with E-state index in [1.807, 2.05) is 44.2 Å². The molecule has 3 rings (SSSR count). The van der Waals surface area contributed by atoms with Crippen molar-refractivity contribution in [2.24, 2.45) is 0 Å². The van der Waals surface area contributed by atoms with E-state index in [4.69, 9.17) is 25.8 Å². The second-order valence-corrected chi connectivity index (χ2v) is 7.42. The van der Waals surface area contributed by atoms with Crippen molar-refractivity contribution in [3.8, 4) is 17.2 Å². The third-order valence-corrected chi connectivity index (χ3v) is 5.12. The Kier molecular flexibility index (Phi) is 7.55. The largest absolute Gasteiger partial charge is 0.493 e. The van der Waals surface area contributed by atoms with Crippen LogP contribution in [0.15, 0.2) is 48.7 Å². The van der Waals surface area contributed by atoms with E-state index in [2.05, 4.69) is 10.4 Å². The number of nitrogens with zero attached hydrogens (tertiary/aromatic N) is 2. The summed E-state index contributed by atoms with van der Waals surface area (Å²) in [5, 5.41) is 7.98. The predicted molar refractivity (Wildman–Crippen MR) is 120 cm³/mol. The van der Waals surface area contributed by atoms with Crippen LogP contribution in [0.4, 0.5) is 0 Å². The molecule has 0 spiro atoms. The minimum Gasteiger partial charge on any atom is -0.493 e. The highest BCUT2D eigenvalue weighted by atomic mass is 35.5. The van der Waals surface area contributed by atoms with E-state index in [0.29, 0.717) is 35.3 Å². The predicted octanol–water partition coefficient (Wildman–Crippen LogP) is 4.36. The van der Waals surface area contributed by atoms with Gasteiger partial charge in [0.2, 0.25) is 0 Å². The first-order chi connectivity index (χ1) is 14.9. The fourth-order valence-electron chi connectivity index (χ4n) is 3.17. The Morgan fingerprint density at radius 2 is 1.97 bits per heavy atom. The number of amides is 1. The number of benzene rings is 2. The number of ether oxygens (including phenoxy) is 3. The summed E-state index contributed by atoms with van der Waals surface area (Å²) in [5.41, 5.74) is 2.92. The van der Waals surface area contributed by atoms with Crippen LogP contribution in [0.25, 0.3) is 5.69 Å². The zero-order valence-electron chi connectivity index (χ0n) is 18.0. The van der Waals surface area contributed by atoms with Crippen LogP contribution in [0.1, 0.15) is 34.6 Å². The number of hydrogen-bond donors (Lipinski definition) is 1. The molecule has 0 radical (unpaired) electrons. The third-order valence-electron chi connectivity index (χ3n) is 4.89. The van der Waals surface area contributed by atoms with E-state index in [0.717, 1.165) is 16.9 Å². The Morgan fingerprint density at radius 1 is 1.16 bits per heavy atom. The molecule has 1 unspecified atom stereocenters. The van der Waals surface area contributed by atoms with Crippen molar-refractivity contribution in [3.05, 3.63) is 70.5 Å². The average molecular weight is 444 g/mol. The van der Waals surface area contributed by atoms with Crippen molar-refractivity contribution < 1.29 is 19.0 Å². The summed E-state index contributed by atoms with van der Waals surface area (Å²) in [5.74, 6) is 1.01. The molecule has 0 bridgehead atoms. The van der Waals surface area contributed by atoms with Gasteiger partial charge in [0.25, 0.3) is 5.91 Å². The highest BCUT2D eigenvalue weighted by Gasteiger charge is 2.19. The number of aromatic nitrogens is 2. The lowest BCUT2D eigenvalue weighted by atomic mass is 10.1. The summed E-state index contributed by atoms with van der Waals surface area (Å²) in [6.45, 7) is 4.67. The lowest BCUT2D eigenvalue weighted by Crippen LogP contribution is -2.27. The van der Waals surface area contributed by atoms with Crippen LogP contribution < -0.4 is 14.8 Å².